The summed E-state index contributed by atoms with van der Waals surface area (Å²) in [5, 5.41) is 5.93. The van der Waals surface area contributed by atoms with Gasteiger partial charge in [-0.2, -0.15) is 0 Å². The third-order valence-corrected chi connectivity index (χ3v) is 3.29. The molecule has 0 aromatic heterocycles. The number of urea groups is 1. The van der Waals surface area contributed by atoms with Gasteiger partial charge in [0.1, 0.15) is 0 Å². The molecule has 2 aromatic rings. The first-order chi connectivity index (χ1) is 9.56. The molecule has 2 amide bonds. The Kier molecular flexibility index (Phi) is 4.48. The number of hydrogen-bond acceptors (Lipinski definition) is 2. The van der Waals surface area contributed by atoms with Crippen LogP contribution in [0.3, 0.4) is 0 Å². The van der Waals surface area contributed by atoms with Gasteiger partial charge < -0.3 is 16.4 Å². The Hall–Kier alpha value is -2.20. The normalized spacial score (nSPS) is 10.1. The van der Waals surface area contributed by atoms with Gasteiger partial charge in [-0.25, -0.2) is 4.79 Å². The van der Waals surface area contributed by atoms with Crippen LogP contribution in [-0.2, 0) is 6.54 Å². The molecular weight excluding hydrogens is 274 g/mol. The molecule has 5 heteroatoms. The second-order valence-corrected chi connectivity index (χ2v) is 4.88. The zero-order valence-electron chi connectivity index (χ0n) is 11.1. The Bertz CT molecular complexity index is 628. The van der Waals surface area contributed by atoms with Gasteiger partial charge in [-0.15, -0.1) is 0 Å². The van der Waals surface area contributed by atoms with E-state index in [-0.39, 0.29) is 6.03 Å². The van der Waals surface area contributed by atoms with Gasteiger partial charge in [-0.05, 0) is 36.2 Å². The van der Waals surface area contributed by atoms with Crippen LogP contribution in [0.25, 0.3) is 0 Å². The summed E-state index contributed by atoms with van der Waals surface area (Å²) < 4.78 is 0. The first-order valence-electron chi connectivity index (χ1n) is 6.20. The molecule has 20 heavy (non-hydrogen) atoms. The molecule has 2 aromatic carbocycles. The number of benzene rings is 2. The van der Waals surface area contributed by atoms with E-state index in [4.69, 9.17) is 17.3 Å². The molecule has 0 aliphatic heterocycles. The van der Waals surface area contributed by atoms with Crippen molar-refractivity contribution in [3.05, 3.63) is 58.6 Å². The number of nitrogens with two attached hydrogens (primary N) is 1. The molecular formula is C15H16ClN3O. The van der Waals surface area contributed by atoms with Crippen molar-refractivity contribution < 1.29 is 4.79 Å². The second kappa shape index (κ2) is 6.30. The van der Waals surface area contributed by atoms with Crippen LogP contribution in [-0.4, -0.2) is 6.03 Å². The van der Waals surface area contributed by atoms with Crippen molar-refractivity contribution >= 4 is 29.0 Å². The highest BCUT2D eigenvalue weighted by atomic mass is 35.5. The van der Waals surface area contributed by atoms with Gasteiger partial charge in [0.2, 0.25) is 0 Å². The second-order valence-electron chi connectivity index (χ2n) is 4.47. The summed E-state index contributed by atoms with van der Waals surface area (Å²) in [4.78, 5) is 11.8. The van der Waals surface area contributed by atoms with E-state index >= 15 is 0 Å². The van der Waals surface area contributed by atoms with Crippen molar-refractivity contribution in [2.45, 2.75) is 13.5 Å². The van der Waals surface area contributed by atoms with Gasteiger partial charge in [0, 0.05) is 12.2 Å². The number of aryl methyl sites for hydroxylation is 1. The Morgan fingerprint density at radius 1 is 1.25 bits per heavy atom. The molecule has 0 atom stereocenters. The number of carbonyl (C=O) groups is 1. The Labute approximate surface area is 122 Å². The number of halogens is 1. The van der Waals surface area contributed by atoms with E-state index in [9.17, 15) is 4.79 Å². The number of nitrogens with one attached hydrogen (secondary N) is 2. The average Bonchev–Trinajstić information content (AvgIpc) is 2.42. The molecule has 0 spiro atoms. The standard InChI is InChI=1S/C15H16ClN3O/c1-10-4-2-3-5-11(10)9-18-15(20)19-12-6-7-14(17)13(16)8-12/h2-8H,9,17H2,1H3,(H2,18,19,20). The average molecular weight is 290 g/mol. The van der Waals surface area contributed by atoms with Gasteiger partial charge in [0.15, 0.2) is 0 Å². The van der Waals surface area contributed by atoms with E-state index in [1.807, 2.05) is 31.2 Å². The minimum atomic E-state index is -0.283. The number of carbonyl (C=O) groups excluding carboxylic acids is 1. The molecule has 0 aliphatic rings. The fourth-order valence-corrected chi connectivity index (χ4v) is 1.94. The molecule has 0 saturated heterocycles. The van der Waals surface area contributed by atoms with E-state index in [1.54, 1.807) is 18.2 Å². The lowest BCUT2D eigenvalue weighted by molar-refractivity contribution is 0.251. The predicted molar refractivity (Wildman–Crippen MR) is 82.9 cm³/mol. The molecule has 0 saturated carbocycles. The molecule has 0 bridgehead atoms. The minimum Gasteiger partial charge on any atom is -0.398 e. The van der Waals surface area contributed by atoms with Gasteiger partial charge >= 0.3 is 6.03 Å². The van der Waals surface area contributed by atoms with Crippen molar-refractivity contribution in [1.82, 2.24) is 5.32 Å². The van der Waals surface area contributed by atoms with E-state index in [2.05, 4.69) is 10.6 Å². The quantitative estimate of drug-likeness (QED) is 0.756. The summed E-state index contributed by atoms with van der Waals surface area (Å²) in [5.74, 6) is 0. The summed E-state index contributed by atoms with van der Waals surface area (Å²) in [6.45, 7) is 2.48. The van der Waals surface area contributed by atoms with Crippen LogP contribution in [0.4, 0.5) is 16.2 Å². The first kappa shape index (κ1) is 14.2. The molecule has 4 N–H and O–H groups in total. The van der Waals surface area contributed by atoms with Crippen LogP contribution < -0.4 is 16.4 Å². The van der Waals surface area contributed by atoms with E-state index in [1.165, 1.54) is 0 Å². The third kappa shape index (κ3) is 3.65. The fourth-order valence-electron chi connectivity index (χ4n) is 1.76. The summed E-state index contributed by atoms with van der Waals surface area (Å²) in [5.41, 5.74) is 8.92. The largest absolute Gasteiger partial charge is 0.398 e. The molecule has 2 rings (SSSR count). The SMILES string of the molecule is Cc1ccccc1CNC(=O)Nc1ccc(N)c(Cl)c1. The predicted octanol–water partition coefficient (Wildman–Crippen LogP) is 3.55. The van der Waals surface area contributed by atoms with Gasteiger partial charge in [0.25, 0.3) is 0 Å². The number of anilines is 2. The van der Waals surface area contributed by atoms with Crippen molar-refractivity contribution in [1.29, 1.82) is 0 Å². The Balaban J connectivity index is 1.93. The smallest absolute Gasteiger partial charge is 0.319 e. The fraction of sp³-hybridized carbons (Fsp3) is 0.133. The maximum Gasteiger partial charge on any atom is 0.319 e. The Morgan fingerprint density at radius 3 is 2.70 bits per heavy atom. The van der Waals surface area contributed by atoms with E-state index in [0.717, 1.165) is 11.1 Å². The zero-order chi connectivity index (χ0) is 14.5. The molecule has 0 unspecified atom stereocenters. The minimum absolute atomic E-state index is 0.283. The van der Waals surface area contributed by atoms with Crippen molar-refractivity contribution in [3.63, 3.8) is 0 Å². The van der Waals surface area contributed by atoms with Crippen LogP contribution in [0.5, 0.6) is 0 Å². The topological polar surface area (TPSA) is 67.2 Å². The highest BCUT2D eigenvalue weighted by molar-refractivity contribution is 6.33. The van der Waals surface area contributed by atoms with Crippen LogP contribution in [0.1, 0.15) is 11.1 Å². The maximum absolute atomic E-state index is 11.8. The van der Waals surface area contributed by atoms with Gasteiger partial charge in [-0.3, -0.25) is 0 Å². The maximum atomic E-state index is 11.8. The first-order valence-corrected chi connectivity index (χ1v) is 6.58. The van der Waals surface area contributed by atoms with Gasteiger partial charge in [-0.1, -0.05) is 35.9 Å². The van der Waals surface area contributed by atoms with Crippen LogP contribution in [0.2, 0.25) is 5.02 Å². The Morgan fingerprint density at radius 2 is 2.00 bits per heavy atom. The monoisotopic (exact) mass is 289 g/mol. The summed E-state index contributed by atoms with van der Waals surface area (Å²) in [6, 6.07) is 12.6. The summed E-state index contributed by atoms with van der Waals surface area (Å²) >= 11 is 5.89. The van der Waals surface area contributed by atoms with Crippen molar-refractivity contribution in [2.24, 2.45) is 0 Å². The summed E-state index contributed by atoms with van der Waals surface area (Å²) in [7, 11) is 0. The number of nitrogen functional groups attached to an aromatic ring is 1. The number of rotatable bonds is 3. The molecule has 0 heterocycles. The molecule has 0 fully saturated rings. The lowest BCUT2D eigenvalue weighted by Gasteiger charge is -2.10. The molecule has 4 nitrogen and oxygen atoms in total. The lowest BCUT2D eigenvalue weighted by atomic mass is 10.1. The lowest BCUT2D eigenvalue weighted by Crippen LogP contribution is -2.28. The third-order valence-electron chi connectivity index (χ3n) is 2.96. The number of amides is 2. The van der Waals surface area contributed by atoms with Crippen molar-refractivity contribution in [3.8, 4) is 0 Å². The molecule has 104 valence electrons. The molecule has 0 radical (unpaired) electrons. The van der Waals surface area contributed by atoms with Crippen LogP contribution in [0, 0.1) is 6.92 Å². The summed E-state index contributed by atoms with van der Waals surface area (Å²) in [6.07, 6.45) is 0. The van der Waals surface area contributed by atoms with E-state index in [0.29, 0.717) is 22.9 Å². The van der Waals surface area contributed by atoms with E-state index < -0.39 is 0 Å². The zero-order valence-corrected chi connectivity index (χ0v) is 11.9. The molecule has 0 aliphatic carbocycles. The highest BCUT2D eigenvalue weighted by Gasteiger charge is 2.04. The van der Waals surface area contributed by atoms with Gasteiger partial charge in [0.05, 0.1) is 10.7 Å². The van der Waals surface area contributed by atoms with Crippen molar-refractivity contribution in [2.75, 3.05) is 11.1 Å². The number of hydrogen-bond donors (Lipinski definition) is 3. The van der Waals surface area contributed by atoms with Crippen LogP contribution >= 0.6 is 11.6 Å². The van der Waals surface area contributed by atoms with Crippen LogP contribution in [0.15, 0.2) is 42.5 Å². The highest BCUT2D eigenvalue weighted by Crippen LogP contribution is 2.22.